The third kappa shape index (κ3) is 7.62. The number of nitrogens with zero attached hydrogens (tertiary/aromatic N) is 4. The van der Waals surface area contributed by atoms with Gasteiger partial charge in [0.25, 0.3) is 0 Å². The summed E-state index contributed by atoms with van der Waals surface area (Å²) in [6.45, 7) is 13.0. The summed E-state index contributed by atoms with van der Waals surface area (Å²) in [6, 6.07) is 0.0905. The van der Waals surface area contributed by atoms with Crippen molar-refractivity contribution in [3.8, 4) is 0 Å². The first-order valence-corrected chi connectivity index (χ1v) is 12.1. The van der Waals surface area contributed by atoms with Crippen LogP contribution in [0.1, 0.15) is 59.3 Å². The Bertz CT molecular complexity index is 624. The van der Waals surface area contributed by atoms with Gasteiger partial charge in [0.15, 0.2) is 5.96 Å². The predicted molar refractivity (Wildman–Crippen MR) is 141 cm³/mol. The van der Waals surface area contributed by atoms with Gasteiger partial charge in [0.05, 0.1) is 6.04 Å². The van der Waals surface area contributed by atoms with E-state index < -0.39 is 5.60 Å². The number of amides is 1. The first-order valence-electron chi connectivity index (χ1n) is 12.1. The predicted octanol–water partition coefficient (Wildman–Crippen LogP) is 2.73. The van der Waals surface area contributed by atoms with E-state index in [1.807, 2.05) is 27.8 Å². The fourth-order valence-corrected chi connectivity index (χ4v) is 5.13. The fraction of sp³-hybridized carbons (Fsp3) is 0.913. The highest BCUT2D eigenvalue weighted by Gasteiger charge is 2.40. The van der Waals surface area contributed by atoms with Crippen LogP contribution in [-0.2, 0) is 4.74 Å². The highest BCUT2D eigenvalue weighted by Crippen LogP contribution is 2.31. The van der Waals surface area contributed by atoms with Gasteiger partial charge in [-0.15, -0.1) is 24.0 Å². The molecule has 8 nitrogen and oxygen atoms in total. The zero-order valence-corrected chi connectivity index (χ0v) is 23.1. The van der Waals surface area contributed by atoms with Gasteiger partial charge < -0.3 is 25.2 Å². The first-order chi connectivity index (χ1) is 14.7. The maximum Gasteiger partial charge on any atom is 0.407 e. The van der Waals surface area contributed by atoms with E-state index in [1.165, 1.54) is 45.2 Å². The molecule has 2 N–H and O–H groups in total. The fourth-order valence-electron chi connectivity index (χ4n) is 5.13. The van der Waals surface area contributed by atoms with Crippen molar-refractivity contribution in [1.29, 1.82) is 0 Å². The molecule has 0 aromatic rings. The number of alkyl carbamates (subject to hydrolysis) is 1. The van der Waals surface area contributed by atoms with E-state index in [0.717, 1.165) is 45.1 Å². The Kier molecular flexibility index (Phi) is 10.3. The molecule has 3 saturated heterocycles. The van der Waals surface area contributed by atoms with Gasteiger partial charge in [-0.3, -0.25) is 9.89 Å². The molecule has 1 unspecified atom stereocenters. The minimum atomic E-state index is -0.475. The van der Waals surface area contributed by atoms with Gasteiger partial charge >= 0.3 is 6.09 Å². The number of piperidine rings is 2. The Morgan fingerprint density at radius 1 is 1.09 bits per heavy atom. The SMILES string of the molecule is CN=C(NCC1(N2CCCCC2)CCN(C)CC1)N1CCC(NC(=O)OC(C)(C)C)C1.I. The van der Waals surface area contributed by atoms with Crippen LogP contribution in [0.25, 0.3) is 0 Å². The number of aliphatic imine (C=N–C) groups is 1. The first kappa shape index (κ1) is 27.4. The summed E-state index contributed by atoms with van der Waals surface area (Å²) in [7, 11) is 4.09. The molecule has 1 amide bonds. The van der Waals surface area contributed by atoms with Gasteiger partial charge in [0.2, 0.25) is 0 Å². The van der Waals surface area contributed by atoms with Crippen molar-refractivity contribution in [3.05, 3.63) is 0 Å². The van der Waals surface area contributed by atoms with Crippen molar-refractivity contribution in [2.24, 2.45) is 4.99 Å². The van der Waals surface area contributed by atoms with E-state index in [1.54, 1.807) is 0 Å². The van der Waals surface area contributed by atoms with E-state index in [-0.39, 0.29) is 41.7 Å². The largest absolute Gasteiger partial charge is 0.444 e. The molecule has 0 aliphatic carbocycles. The Morgan fingerprint density at radius 3 is 2.34 bits per heavy atom. The molecule has 3 aliphatic rings. The normalized spacial score (nSPS) is 25.2. The van der Waals surface area contributed by atoms with Gasteiger partial charge in [-0.1, -0.05) is 6.42 Å². The molecule has 186 valence electrons. The number of halogens is 1. The van der Waals surface area contributed by atoms with Gasteiger partial charge in [-0.25, -0.2) is 4.79 Å². The maximum atomic E-state index is 12.1. The van der Waals surface area contributed by atoms with E-state index in [0.29, 0.717) is 0 Å². The molecular weight excluding hydrogens is 519 g/mol. The summed E-state index contributed by atoms with van der Waals surface area (Å²) in [6.07, 6.45) is 6.97. The molecule has 0 saturated carbocycles. The average molecular weight is 565 g/mol. The maximum absolute atomic E-state index is 12.1. The third-order valence-corrected chi connectivity index (χ3v) is 6.94. The number of nitrogens with one attached hydrogen (secondary N) is 2. The zero-order chi connectivity index (χ0) is 22.5. The highest BCUT2D eigenvalue weighted by atomic mass is 127. The van der Waals surface area contributed by atoms with Crippen molar-refractivity contribution < 1.29 is 9.53 Å². The average Bonchev–Trinajstić information content (AvgIpc) is 3.17. The van der Waals surface area contributed by atoms with Crippen molar-refractivity contribution in [3.63, 3.8) is 0 Å². The summed E-state index contributed by atoms with van der Waals surface area (Å²) in [5.41, 5.74) is -0.256. The summed E-state index contributed by atoms with van der Waals surface area (Å²) in [4.78, 5) is 24.2. The zero-order valence-electron chi connectivity index (χ0n) is 20.8. The van der Waals surface area contributed by atoms with E-state index in [2.05, 4.69) is 37.4 Å². The van der Waals surface area contributed by atoms with Crippen LogP contribution in [0.3, 0.4) is 0 Å². The second-order valence-corrected chi connectivity index (χ2v) is 10.6. The van der Waals surface area contributed by atoms with Crippen molar-refractivity contribution in [2.45, 2.75) is 76.5 Å². The summed E-state index contributed by atoms with van der Waals surface area (Å²) in [5.74, 6) is 0.948. The molecule has 0 radical (unpaired) electrons. The van der Waals surface area contributed by atoms with Gasteiger partial charge in [-0.2, -0.15) is 0 Å². The lowest BCUT2D eigenvalue weighted by atomic mass is 9.84. The molecule has 0 bridgehead atoms. The molecule has 3 aliphatic heterocycles. The summed E-state index contributed by atoms with van der Waals surface area (Å²) >= 11 is 0. The lowest BCUT2D eigenvalue weighted by Crippen LogP contribution is -2.62. The Morgan fingerprint density at radius 2 is 1.75 bits per heavy atom. The number of hydrogen-bond acceptors (Lipinski definition) is 5. The molecule has 3 rings (SSSR count). The van der Waals surface area contributed by atoms with Crippen LogP contribution in [-0.4, -0.2) is 104 Å². The standard InChI is InChI=1S/C23H44N6O2.HI/c1-22(2,3)31-21(30)26-19-9-14-28(17-19)20(24-4)25-18-23(10-15-27(5)16-11-23)29-12-7-6-8-13-29;/h19H,6-18H2,1-5H3,(H,24,25)(H,26,30);1H. The van der Waals surface area contributed by atoms with E-state index in [9.17, 15) is 4.79 Å². The number of carbonyl (C=O) groups is 1. The smallest absolute Gasteiger partial charge is 0.407 e. The van der Waals surface area contributed by atoms with Gasteiger partial charge in [0, 0.05) is 32.2 Å². The van der Waals surface area contributed by atoms with Crippen LogP contribution in [0.4, 0.5) is 4.79 Å². The molecule has 3 heterocycles. The van der Waals surface area contributed by atoms with Crippen molar-refractivity contribution >= 4 is 36.0 Å². The van der Waals surface area contributed by atoms with Gasteiger partial charge in [0.1, 0.15) is 5.60 Å². The number of ether oxygens (including phenoxy) is 1. The molecule has 3 fully saturated rings. The van der Waals surface area contributed by atoms with Crippen LogP contribution in [0, 0.1) is 0 Å². The Balaban J connectivity index is 0.00000363. The molecule has 1 atom stereocenters. The monoisotopic (exact) mass is 564 g/mol. The number of carbonyl (C=O) groups excluding carboxylic acids is 1. The highest BCUT2D eigenvalue weighted by molar-refractivity contribution is 14.0. The number of hydrogen-bond donors (Lipinski definition) is 2. The minimum Gasteiger partial charge on any atom is -0.444 e. The van der Waals surface area contributed by atoms with Crippen LogP contribution < -0.4 is 10.6 Å². The molecule has 9 heteroatoms. The topological polar surface area (TPSA) is 72.4 Å². The van der Waals surface area contributed by atoms with Crippen LogP contribution in [0.15, 0.2) is 4.99 Å². The lowest BCUT2D eigenvalue weighted by molar-refractivity contribution is 0.0170. The Labute approximate surface area is 211 Å². The van der Waals surface area contributed by atoms with Crippen molar-refractivity contribution in [1.82, 2.24) is 25.3 Å². The molecule has 32 heavy (non-hydrogen) atoms. The molecular formula is C23H45IN6O2. The number of rotatable bonds is 4. The second kappa shape index (κ2) is 12.1. The summed E-state index contributed by atoms with van der Waals surface area (Å²) in [5, 5.41) is 6.73. The number of guanidine groups is 1. The van der Waals surface area contributed by atoms with Crippen LogP contribution >= 0.6 is 24.0 Å². The second-order valence-electron chi connectivity index (χ2n) is 10.6. The summed E-state index contributed by atoms with van der Waals surface area (Å²) < 4.78 is 5.41. The van der Waals surface area contributed by atoms with Crippen LogP contribution in [0.2, 0.25) is 0 Å². The van der Waals surface area contributed by atoms with Gasteiger partial charge in [-0.05, 0) is 86.1 Å². The molecule has 0 aromatic carbocycles. The Hall–Kier alpha value is -0.810. The van der Waals surface area contributed by atoms with Crippen LogP contribution in [0.5, 0.6) is 0 Å². The quantitative estimate of drug-likeness (QED) is 0.311. The van der Waals surface area contributed by atoms with E-state index in [4.69, 9.17) is 4.74 Å². The molecule has 0 aromatic heterocycles. The minimum absolute atomic E-state index is 0. The lowest BCUT2D eigenvalue weighted by Gasteiger charge is -2.50. The number of likely N-dealkylation sites (tertiary alicyclic amines) is 3. The third-order valence-electron chi connectivity index (χ3n) is 6.94. The van der Waals surface area contributed by atoms with E-state index >= 15 is 0 Å². The van der Waals surface area contributed by atoms with Crippen molar-refractivity contribution in [2.75, 3.05) is 59.9 Å². The molecule has 0 spiro atoms.